The topological polar surface area (TPSA) is 49.7 Å². The summed E-state index contributed by atoms with van der Waals surface area (Å²) in [6, 6.07) is 15.3. The van der Waals surface area contributed by atoms with Gasteiger partial charge >= 0.3 is 0 Å². The van der Waals surface area contributed by atoms with E-state index in [1.54, 1.807) is 13.2 Å². The van der Waals surface area contributed by atoms with Gasteiger partial charge in [-0.25, -0.2) is 0 Å². The molecule has 3 heteroatoms. The van der Waals surface area contributed by atoms with Gasteiger partial charge in [0.2, 0.25) is 0 Å². The Hall–Kier alpha value is -2.68. The Morgan fingerprint density at radius 2 is 1.58 bits per heavy atom. The van der Waals surface area contributed by atoms with Crippen molar-refractivity contribution in [2.75, 3.05) is 7.11 Å². The molecule has 0 fully saturated rings. The summed E-state index contributed by atoms with van der Waals surface area (Å²) in [5.74, 6) is 1.34. The Morgan fingerprint density at radius 1 is 0.885 bits per heavy atom. The lowest BCUT2D eigenvalue weighted by Gasteiger charge is -2.22. The van der Waals surface area contributed by atoms with E-state index in [9.17, 15) is 10.2 Å². The molecule has 0 aliphatic carbocycles. The molecule has 0 aliphatic heterocycles. The number of fused-ring (bicyclic) bond motifs is 1. The van der Waals surface area contributed by atoms with Crippen molar-refractivity contribution in [3.63, 3.8) is 0 Å². The van der Waals surface area contributed by atoms with Gasteiger partial charge in [-0.3, -0.25) is 0 Å². The minimum absolute atomic E-state index is 0.0201. The summed E-state index contributed by atoms with van der Waals surface area (Å²) in [5, 5.41) is 22.2. The summed E-state index contributed by atoms with van der Waals surface area (Å²) in [7, 11) is 1.70. The van der Waals surface area contributed by atoms with Crippen molar-refractivity contribution >= 4 is 10.8 Å². The van der Waals surface area contributed by atoms with Crippen LogP contribution in [0, 0.1) is 0 Å². The van der Waals surface area contributed by atoms with Crippen LogP contribution in [0.5, 0.6) is 17.2 Å². The molecule has 3 nitrogen and oxygen atoms in total. The third kappa shape index (κ3) is 3.48. The number of ether oxygens (including phenoxy) is 1. The van der Waals surface area contributed by atoms with E-state index < -0.39 is 0 Å². The van der Waals surface area contributed by atoms with Crippen LogP contribution in [0.4, 0.5) is 0 Å². The first kappa shape index (κ1) is 18.1. The van der Waals surface area contributed by atoms with Crippen LogP contribution in [-0.2, 0) is 18.3 Å². The first-order chi connectivity index (χ1) is 12.3. The maximum absolute atomic E-state index is 10.6. The molecule has 0 radical (unpaired) electrons. The van der Waals surface area contributed by atoms with Gasteiger partial charge in [-0.1, -0.05) is 57.2 Å². The third-order valence-corrected chi connectivity index (χ3v) is 4.83. The molecule has 0 amide bonds. The van der Waals surface area contributed by atoms with Gasteiger partial charge in [-0.15, -0.1) is 0 Å². The standard InChI is InChI=1S/C23H26O3/c1-23(2,3)19-12-10-15(13-21(19)26-4)9-11-16-14-20(24)17-7-5-6-8-18(17)22(16)25/h5-8,10,12-14,24-25H,9,11H2,1-4H3. The molecule has 0 saturated heterocycles. The summed E-state index contributed by atoms with van der Waals surface area (Å²) >= 11 is 0. The number of aromatic hydroxyl groups is 2. The summed E-state index contributed by atoms with van der Waals surface area (Å²) in [6.07, 6.45) is 1.40. The fourth-order valence-electron chi connectivity index (χ4n) is 3.38. The number of hydrogen-bond donors (Lipinski definition) is 2. The van der Waals surface area contributed by atoms with Crippen LogP contribution >= 0.6 is 0 Å². The van der Waals surface area contributed by atoms with Gasteiger partial charge in [0, 0.05) is 10.8 Å². The van der Waals surface area contributed by atoms with E-state index in [0.29, 0.717) is 17.2 Å². The van der Waals surface area contributed by atoms with Crippen molar-refractivity contribution in [1.82, 2.24) is 0 Å². The lowest BCUT2D eigenvalue weighted by atomic mass is 9.85. The van der Waals surface area contributed by atoms with Crippen molar-refractivity contribution < 1.29 is 14.9 Å². The Morgan fingerprint density at radius 3 is 2.23 bits per heavy atom. The van der Waals surface area contributed by atoms with Crippen LogP contribution in [-0.4, -0.2) is 17.3 Å². The Balaban J connectivity index is 1.88. The molecular formula is C23H26O3. The first-order valence-electron chi connectivity index (χ1n) is 8.91. The summed E-state index contributed by atoms with van der Waals surface area (Å²) in [5.41, 5.74) is 3.09. The third-order valence-electron chi connectivity index (χ3n) is 4.83. The van der Waals surface area contributed by atoms with E-state index in [2.05, 4.69) is 39.0 Å². The number of phenolic OH excluding ortho intramolecular Hbond substituents is 2. The Labute approximate surface area is 154 Å². The Bertz CT molecular complexity index is 936. The molecule has 3 rings (SSSR count). The van der Waals surface area contributed by atoms with E-state index in [0.717, 1.165) is 23.3 Å². The maximum atomic E-state index is 10.6. The average molecular weight is 350 g/mol. The zero-order valence-electron chi connectivity index (χ0n) is 15.8. The zero-order chi connectivity index (χ0) is 18.9. The number of benzene rings is 3. The van der Waals surface area contributed by atoms with Gasteiger partial charge < -0.3 is 14.9 Å². The molecule has 0 atom stereocenters. The van der Waals surface area contributed by atoms with Gasteiger partial charge in [0.15, 0.2) is 0 Å². The molecule has 136 valence electrons. The highest BCUT2D eigenvalue weighted by molar-refractivity contribution is 5.94. The van der Waals surface area contributed by atoms with E-state index in [4.69, 9.17) is 4.74 Å². The van der Waals surface area contributed by atoms with E-state index in [1.165, 1.54) is 5.56 Å². The van der Waals surface area contributed by atoms with Gasteiger partial charge in [0.25, 0.3) is 0 Å². The van der Waals surface area contributed by atoms with Gasteiger partial charge in [0.05, 0.1) is 7.11 Å². The van der Waals surface area contributed by atoms with Gasteiger partial charge in [0.1, 0.15) is 17.2 Å². The zero-order valence-corrected chi connectivity index (χ0v) is 15.8. The molecule has 0 heterocycles. The van der Waals surface area contributed by atoms with Crippen molar-refractivity contribution in [3.8, 4) is 17.2 Å². The summed E-state index contributed by atoms with van der Waals surface area (Å²) < 4.78 is 5.58. The molecule has 0 saturated carbocycles. The molecule has 0 spiro atoms. The van der Waals surface area contributed by atoms with Crippen LogP contribution in [0.25, 0.3) is 10.8 Å². The smallest absolute Gasteiger partial charge is 0.126 e. The number of phenols is 2. The van der Waals surface area contributed by atoms with Crippen LogP contribution < -0.4 is 4.74 Å². The second-order valence-electron chi connectivity index (χ2n) is 7.73. The van der Waals surface area contributed by atoms with Crippen LogP contribution in [0.2, 0.25) is 0 Å². The minimum Gasteiger partial charge on any atom is -0.507 e. The second kappa shape index (κ2) is 6.91. The largest absolute Gasteiger partial charge is 0.507 e. The molecular weight excluding hydrogens is 324 g/mol. The molecule has 0 aromatic heterocycles. The lowest BCUT2D eigenvalue weighted by molar-refractivity contribution is 0.397. The van der Waals surface area contributed by atoms with E-state index in [-0.39, 0.29) is 16.9 Å². The minimum atomic E-state index is 0.0201. The number of methoxy groups -OCH3 is 1. The average Bonchev–Trinajstić information content (AvgIpc) is 2.62. The van der Waals surface area contributed by atoms with Crippen LogP contribution in [0.1, 0.15) is 37.5 Å². The fourth-order valence-corrected chi connectivity index (χ4v) is 3.38. The lowest BCUT2D eigenvalue weighted by Crippen LogP contribution is -2.13. The molecule has 26 heavy (non-hydrogen) atoms. The van der Waals surface area contributed by atoms with Crippen LogP contribution in [0.15, 0.2) is 48.5 Å². The first-order valence-corrected chi connectivity index (χ1v) is 8.91. The van der Waals surface area contributed by atoms with Crippen molar-refractivity contribution in [1.29, 1.82) is 0 Å². The second-order valence-corrected chi connectivity index (χ2v) is 7.73. The maximum Gasteiger partial charge on any atom is 0.126 e. The monoisotopic (exact) mass is 350 g/mol. The normalized spacial score (nSPS) is 11.7. The number of aryl methyl sites for hydroxylation is 2. The highest BCUT2D eigenvalue weighted by atomic mass is 16.5. The van der Waals surface area contributed by atoms with Gasteiger partial charge in [-0.05, 0) is 47.1 Å². The molecule has 0 bridgehead atoms. The number of rotatable bonds is 4. The van der Waals surface area contributed by atoms with Crippen LogP contribution in [0.3, 0.4) is 0 Å². The van der Waals surface area contributed by atoms with E-state index in [1.807, 2.05) is 24.3 Å². The Kier molecular flexibility index (Phi) is 4.82. The highest BCUT2D eigenvalue weighted by Gasteiger charge is 2.19. The summed E-state index contributed by atoms with van der Waals surface area (Å²) in [4.78, 5) is 0. The fraction of sp³-hybridized carbons (Fsp3) is 0.304. The molecule has 2 N–H and O–H groups in total. The van der Waals surface area contributed by atoms with Crippen molar-refractivity contribution in [2.24, 2.45) is 0 Å². The molecule has 3 aromatic carbocycles. The number of hydrogen-bond acceptors (Lipinski definition) is 3. The predicted octanol–water partition coefficient (Wildman–Crippen LogP) is 5.34. The predicted molar refractivity (Wildman–Crippen MR) is 106 cm³/mol. The molecule has 3 aromatic rings. The van der Waals surface area contributed by atoms with E-state index >= 15 is 0 Å². The quantitative estimate of drug-likeness (QED) is 0.624. The van der Waals surface area contributed by atoms with Crippen molar-refractivity contribution in [2.45, 2.75) is 39.0 Å². The van der Waals surface area contributed by atoms with Gasteiger partial charge in [-0.2, -0.15) is 0 Å². The molecule has 0 aliphatic rings. The SMILES string of the molecule is COc1cc(CCc2cc(O)c3ccccc3c2O)ccc1C(C)(C)C. The molecule has 0 unspecified atom stereocenters. The van der Waals surface area contributed by atoms with Crippen molar-refractivity contribution in [3.05, 3.63) is 65.2 Å². The summed E-state index contributed by atoms with van der Waals surface area (Å²) in [6.45, 7) is 6.50. The highest BCUT2D eigenvalue weighted by Crippen LogP contribution is 2.36.